The van der Waals surface area contributed by atoms with Crippen molar-refractivity contribution < 1.29 is 9.18 Å². The SMILES string of the molecule is CC(=O)c1cccc[c]1[Bi]([I])[c]1ccc(F)cc1. The van der Waals surface area contributed by atoms with Crippen LogP contribution in [-0.4, -0.2) is 23.3 Å². The van der Waals surface area contributed by atoms with Crippen molar-refractivity contribution in [3.8, 4) is 0 Å². The Labute approximate surface area is 123 Å². The maximum atomic E-state index is 12.9. The van der Waals surface area contributed by atoms with Gasteiger partial charge in [-0.15, -0.1) is 0 Å². The van der Waals surface area contributed by atoms with E-state index in [0.29, 0.717) is 0 Å². The second-order valence-corrected chi connectivity index (χ2v) is 18.4. The van der Waals surface area contributed by atoms with Crippen LogP contribution < -0.4 is 6.54 Å². The van der Waals surface area contributed by atoms with Crippen LogP contribution in [0.25, 0.3) is 0 Å². The van der Waals surface area contributed by atoms with E-state index in [1.54, 1.807) is 6.92 Å². The Hall–Kier alpha value is -0.347. The van der Waals surface area contributed by atoms with Gasteiger partial charge in [0.25, 0.3) is 0 Å². The van der Waals surface area contributed by atoms with Gasteiger partial charge >= 0.3 is 124 Å². The van der Waals surface area contributed by atoms with Crippen molar-refractivity contribution in [2.24, 2.45) is 0 Å². The van der Waals surface area contributed by atoms with E-state index in [4.69, 9.17) is 0 Å². The van der Waals surface area contributed by atoms with Gasteiger partial charge in [0, 0.05) is 0 Å². The molecule has 2 aromatic rings. The summed E-state index contributed by atoms with van der Waals surface area (Å²) in [4.78, 5) is 11.6. The summed E-state index contributed by atoms with van der Waals surface area (Å²) >= 11 is 0.322. The first-order valence-corrected chi connectivity index (χ1v) is 18.7. The standard InChI is InChI=1S/C8H7O.C6H4F.Bi.HI/c1-7(9)8-5-3-2-4-6-8;7-6-4-2-1-3-5-6;;/h2-5H,1H3;2-5H;;1H/q;;+1;/p-1. The number of benzene rings is 2. The predicted octanol–water partition coefficient (Wildman–Crippen LogP) is 2.57. The van der Waals surface area contributed by atoms with Gasteiger partial charge in [-0.1, -0.05) is 0 Å². The van der Waals surface area contributed by atoms with Crippen LogP contribution in [-0.2, 0) is 0 Å². The van der Waals surface area contributed by atoms with Crippen LogP contribution in [0.4, 0.5) is 4.39 Å². The van der Waals surface area contributed by atoms with Gasteiger partial charge in [-0.2, -0.15) is 0 Å². The Balaban J connectivity index is 2.42. The number of hydrogen-bond acceptors (Lipinski definition) is 1. The number of halogens is 2. The average Bonchev–Trinajstić information content (AvgIpc) is 2.39. The molecule has 0 N–H and O–H groups in total. The summed E-state index contributed by atoms with van der Waals surface area (Å²) in [6.07, 6.45) is 0. The number of hydrogen-bond donors (Lipinski definition) is 0. The van der Waals surface area contributed by atoms with Gasteiger partial charge < -0.3 is 0 Å². The van der Waals surface area contributed by atoms with Crippen molar-refractivity contribution in [3.63, 3.8) is 0 Å². The molecule has 0 aliphatic rings. The van der Waals surface area contributed by atoms with Gasteiger partial charge in [-0.25, -0.2) is 0 Å². The molecule has 1 nitrogen and oxygen atoms in total. The first kappa shape index (κ1) is 14.1. The van der Waals surface area contributed by atoms with Crippen molar-refractivity contribution in [2.45, 2.75) is 6.92 Å². The van der Waals surface area contributed by atoms with Crippen molar-refractivity contribution in [2.75, 3.05) is 0 Å². The summed E-state index contributed by atoms with van der Waals surface area (Å²) < 4.78 is 15.3. The molecule has 0 fully saturated rings. The van der Waals surface area contributed by atoms with Crippen molar-refractivity contribution >= 4 is 47.9 Å². The molecule has 0 radical (unpaired) electrons. The van der Waals surface area contributed by atoms with E-state index < -0.39 is 17.6 Å². The van der Waals surface area contributed by atoms with E-state index >= 15 is 0 Å². The molecule has 2 aromatic carbocycles. The minimum atomic E-state index is -2.15. The first-order valence-electron chi connectivity index (χ1n) is 5.41. The maximum absolute atomic E-state index is 12.9. The molecule has 92 valence electrons. The van der Waals surface area contributed by atoms with E-state index in [-0.39, 0.29) is 11.6 Å². The zero-order chi connectivity index (χ0) is 13.1. The fourth-order valence-corrected chi connectivity index (χ4v) is 13.4. The summed E-state index contributed by atoms with van der Waals surface area (Å²) in [6.45, 7) is 1.59. The Morgan fingerprint density at radius 2 is 1.72 bits per heavy atom. The van der Waals surface area contributed by atoms with Gasteiger partial charge in [-0.05, 0) is 0 Å². The normalized spacial score (nSPS) is 10.7. The van der Waals surface area contributed by atoms with Gasteiger partial charge in [0.1, 0.15) is 0 Å². The zero-order valence-electron chi connectivity index (χ0n) is 9.73. The Kier molecular flexibility index (Phi) is 4.85. The van der Waals surface area contributed by atoms with Crippen LogP contribution in [0.3, 0.4) is 0 Å². The van der Waals surface area contributed by atoms with E-state index in [9.17, 15) is 9.18 Å². The Morgan fingerprint density at radius 1 is 1.11 bits per heavy atom. The second-order valence-electron chi connectivity index (χ2n) is 3.83. The van der Waals surface area contributed by atoms with Crippen molar-refractivity contribution in [1.29, 1.82) is 0 Å². The third-order valence-corrected chi connectivity index (χ3v) is 18.1. The number of carbonyl (C=O) groups is 1. The second kappa shape index (κ2) is 6.20. The van der Waals surface area contributed by atoms with Gasteiger partial charge in [0.05, 0.1) is 0 Å². The molecule has 0 saturated heterocycles. The molecule has 0 aromatic heterocycles. The number of Topliss-reactive ketones (excluding diaryl/α,β-unsaturated/α-hetero) is 1. The van der Waals surface area contributed by atoms with Crippen LogP contribution in [0, 0.1) is 5.82 Å². The molecule has 0 atom stereocenters. The van der Waals surface area contributed by atoms with E-state index in [0.717, 1.165) is 5.56 Å². The zero-order valence-corrected chi connectivity index (χ0v) is 15.4. The molecule has 2 rings (SSSR count). The Morgan fingerprint density at radius 3 is 2.33 bits per heavy atom. The monoisotopic (exact) mass is 550 g/mol. The molecular weight excluding hydrogens is 539 g/mol. The summed E-state index contributed by atoms with van der Waals surface area (Å²) in [5.74, 6) is -0.114. The molecule has 0 amide bonds. The predicted molar refractivity (Wildman–Crippen MR) is 81.9 cm³/mol. The minimum absolute atomic E-state index is 0.101. The van der Waals surface area contributed by atoms with E-state index in [1.165, 1.54) is 18.7 Å². The third-order valence-electron chi connectivity index (χ3n) is 2.55. The molecule has 18 heavy (non-hydrogen) atoms. The molecule has 0 saturated carbocycles. The summed E-state index contributed by atoms with van der Waals surface area (Å²) in [6, 6.07) is 14.4. The fourth-order valence-electron chi connectivity index (χ4n) is 1.65. The average molecular weight is 550 g/mol. The molecule has 0 bridgehead atoms. The summed E-state index contributed by atoms with van der Waals surface area (Å²) in [5.41, 5.74) is 0.814. The van der Waals surface area contributed by atoms with E-state index in [2.05, 4.69) is 18.0 Å². The third kappa shape index (κ3) is 3.15. The van der Waals surface area contributed by atoms with Gasteiger partial charge in [0.2, 0.25) is 0 Å². The van der Waals surface area contributed by atoms with Crippen LogP contribution in [0.2, 0.25) is 0 Å². The molecular formula is C14H11BiFIO. The van der Waals surface area contributed by atoms with E-state index in [1.807, 2.05) is 36.4 Å². The van der Waals surface area contributed by atoms with Crippen LogP contribution in [0.5, 0.6) is 0 Å². The summed E-state index contributed by atoms with van der Waals surface area (Å²) in [7, 11) is 0. The molecule has 0 spiro atoms. The number of carbonyl (C=O) groups excluding carboxylic acids is 1. The Bertz CT molecular complexity index is 568. The topological polar surface area (TPSA) is 17.1 Å². The molecule has 4 heteroatoms. The van der Waals surface area contributed by atoms with Crippen LogP contribution >= 0.6 is 18.0 Å². The summed E-state index contributed by atoms with van der Waals surface area (Å²) in [5, 5.41) is 0. The number of ketones is 1. The molecule has 0 aliphatic carbocycles. The van der Waals surface area contributed by atoms with Gasteiger partial charge in [-0.3, -0.25) is 0 Å². The van der Waals surface area contributed by atoms with Crippen LogP contribution in [0.15, 0.2) is 48.5 Å². The molecule has 0 aliphatic heterocycles. The van der Waals surface area contributed by atoms with Crippen LogP contribution in [0.1, 0.15) is 17.3 Å². The fraction of sp³-hybridized carbons (Fsp3) is 0.0714. The first-order chi connectivity index (χ1) is 8.59. The number of rotatable bonds is 3. The van der Waals surface area contributed by atoms with Crippen molar-refractivity contribution in [1.82, 2.24) is 0 Å². The quantitative estimate of drug-likeness (QED) is 0.327. The van der Waals surface area contributed by atoms with Gasteiger partial charge in [0.15, 0.2) is 0 Å². The molecule has 0 heterocycles. The molecule has 0 unspecified atom stereocenters. The van der Waals surface area contributed by atoms with Crippen molar-refractivity contribution in [3.05, 3.63) is 59.9 Å².